The van der Waals surface area contributed by atoms with E-state index in [4.69, 9.17) is 19.0 Å². The minimum absolute atomic E-state index is 0.00644. The summed E-state index contributed by atoms with van der Waals surface area (Å²) in [6.45, 7) is 21.5. The van der Waals surface area contributed by atoms with Gasteiger partial charge < -0.3 is 29.6 Å². The summed E-state index contributed by atoms with van der Waals surface area (Å²) in [7, 11) is -1.73. The lowest BCUT2D eigenvalue weighted by Crippen LogP contribution is -2.42. The molecule has 0 saturated carbocycles. The van der Waals surface area contributed by atoms with Crippen molar-refractivity contribution < 1.29 is 19.0 Å². The molecule has 3 N–H and O–H groups in total. The molecule has 2 heterocycles. The van der Waals surface area contributed by atoms with Crippen molar-refractivity contribution in [2.75, 3.05) is 26.3 Å². The van der Waals surface area contributed by atoms with Crippen LogP contribution in [0.15, 0.2) is 72.8 Å². The predicted molar refractivity (Wildman–Crippen MR) is 271 cm³/mol. The molecule has 0 fully saturated rings. The van der Waals surface area contributed by atoms with E-state index in [0.717, 1.165) is 81.1 Å². The third kappa shape index (κ3) is 11.7. The van der Waals surface area contributed by atoms with Crippen LogP contribution >= 0.6 is 22.7 Å². The predicted octanol–water partition coefficient (Wildman–Crippen LogP) is 11.2. The molecule has 67 heavy (non-hydrogen) atoms. The fourth-order valence-electron chi connectivity index (χ4n) is 8.24. The summed E-state index contributed by atoms with van der Waals surface area (Å²) in [5, 5.41) is 56.8. The van der Waals surface area contributed by atoms with E-state index in [1.807, 2.05) is 64.1 Å². The topological polar surface area (TPSA) is 171 Å². The van der Waals surface area contributed by atoms with E-state index >= 15 is 0 Å². The third-order valence-electron chi connectivity index (χ3n) is 12.5. The van der Waals surface area contributed by atoms with Gasteiger partial charge in [0.1, 0.15) is 43.7 Å². The monoisotopic (exact) mass is 954 g/mol. The molecule has 15 heteroatoms. The molecule has 0 amide bonds. The molecule has 0 bridgehead atoms. The maximum atomic E-state index is 9.59. The van der Waals surface area contributed by atoms with Crippen LogP contribution in [-0.2, 0) is 17.3 Å². The Hall–Kier alpha value is -5.36. The Kier molecular flexibility index (Phi) is 16.1. The van der Waals surface area contributed by atoms with Crippen LogP contribution < -0.4 is 20.1 Å². The number of ether oxygens (including phenoxy) is 2. The number of nitrogens with one attached hydrogen (secondary N) is 2. The average Bonchev–Trinajstić information content (AvgIpc) is 4.14. The largest absolute Gasteiger partial charge is 0.490 e. The van der Waals surface area contributed by atoms with Gasteiger partial charge >= 0.3 is 0 Å². The fourth-order valence-corrected chi connectivity index (χ4v) is 11.1. The van der Waals surface area contributed by atoms with Crippen molar-refractivity contribution in [3.8, 4) is 65.9 Å². The molecule has 0 aliphatic heterocycles. The molecular weight excluding hydrogens is 893 g/mol. The van der Waals surface area contributed by atoms with Gasteiger partial charge in [-0.15, -0.1) is 20.4 Å². The maximum absolute atomic E-state index is 9.59. The second-order valence-corrected chi connectivity index (χ2v) is 25.7. The van der Waals surface area contributed by atoms with E-state index in [1.165, 1.54) is 33.6 Å². The van der Waals surface area contributed by atoms with E-state index in [2.05, 4.69) is 113 Å². The molecule has 2 atom stereocenters. The first-order chi connectivity index (χ1) is 32.1. The first kappa shape index (κ1) is 49.5. The van der Waals surface area contributed by atoms with Gasteiger partial charge in [-0.25, -0.2) is 0 Å². The molecule has 4 aromatic carbocycles. The minimum atomic E-state index is -1.73. The summed E-state index contributed by atoms with van der Waals surface area (Å²) in [4.78, 5) is 0. The third-order valence-corrected chi connectivity index (χ3v) is 19.1. The Morgan fingerprint density at radius 2 is 1.13 bits per heavy atom. The highest BCUT2D eigenvalue weighted by atomic mass is 32.1. The van der Waals surface area contributed by atoms with E-state index in [0.29, 0.717) is 35.2 Å². The van der Waals surface area contributed by atoms with Crippen molar-refractivity contribution in [3.05, 3.63) is 106 Å². The SMILES string of the molecule is CC(C)Oc1ccc(-c2nnc(-c3cccc4c3CC[C@H]4NCCO)s2)cc1C#N.CC(C)Oc1ccc(-c2nnc(-c3cccc4c3CC[C@H]4NCCO[Si](C)(C)C(C)(C)C)s2)cc1C#N. The van der Waals surface area contributed by atoms with Crippen LogP contribution in [0.3, 0.4) is 0 Å². The summed E-state index contributed by atoms with van der Waals surface area (Å²) in [6, 6.07) is 29.0. The summed E-state index contributed by atoms with van der Waals surface area (Å²) in [5.74, 6) is 1.18. The Balaban J connectivity index is 0.000000203. The van der Waals surface area contributed by atoms with E-state index in [9.17, 15) is 10.5 Å². The second kappa shape index (κ2) is 21.7. The van der Waals surface area contributed by atoms with E-state index in [1.54, 1.807) is 11.3 Å². The molecule has 0 radical (unpaired) electrons. The van der Waals surface area contributed by atoms with Crippen LogP contribution in [0, 0.1) is 22.7 Å². The van der Waals surface area contributed by atoms with Crippen molar-refractivity contribution >= 4 is 31.0 Å². The quantitative estimate of drug-likeness (QED) is 0.0620. The Bertz CT molecular complexity index is 2750. The number of hydrogen-bond acceptors (Lipinski definition) is 14. The first-order valence-corrected chi connectivity index (χ1v) is 27.7. The number of rotatable bonds is 16. The summed E-state index contributed by atoms with van der Waals surface area (Å²) < 4.78 is 17.8. The van der Waals surface area contributed by atoms with Crippen LogP contribution in [0.5, 0.6) is 11.5 Å². The fraction of sp³-hybridized carbons (Fsp3) is 0.423. The first-order valence-electron chi connectivity index (χ1n) is 23.2. The van der Waals surface area contributed by atoms with Gasteiger partial charge in [0.15, 0.2) is 8.32 Å². The molecule has 0 unspecified atom stereocenters. The van der Waals surface area contributed by atoms with Gasteiger partial charge in [0.05, 0.1) is 29.9 Å². The van der Waals surface area contributed by atoms with Crippen LogP contribution in [0.4, 0.5) is 0 Å². The number of aliphatic hydroxyl groups excluding tert-OH is 1. The van der Waals surface area contributed by atoms with Gasteiger partial charge in [-0.3, -0.25) is 0 Å². The Labute approximate surface area is 404 Å². The summed E-state index contributed by atoms with van der Waals surface area (Å²) >= 11 is 3.09. The van der Waals surface area contributed by atoms with Crippen molar-refractivity contribution in [1.29, 1.82) is 10.5 Å². The smallest absolute Gasteiger partial charge is 0.192 e. The van der Waals surface area contributed by atoms with Gasteiger partial charge in [0.25, 0.3) is 0 Å². The van der Waals surface area contributed by atoms with Crippen LogP contribution in [0.1, 0.15) is 107 Å². The zero-order valence-corrected chi connectivity index (χ0v) is 42.7. The molecule has 0 spiro atoms. The number of nitriles is 2. The standard InChI is InChI=1S/C29H38N4O2SSi.C23H24N4O2S/c1-19(2)35-26-14-11-20(17-21(26)18-30)27-32-33-28(36-27)24-10-8-9-23-22(24)12-13-25(23)31-15-16-34-37(6,7)29(3,4)5;1-14(2)29-21-9-6-15(12-16(21)13-24)22-26-27-23(30-22)19-5-3-4-18-17(19)7-8-20(18)25-10-11-28/h8-11,14,17,19,25,31H,12-13,15-16H2,1-7H3;3-6,9,12,14,20,25,28H,7-8,10-11H2,1-2H3/t25-;20-/m11/s1. The molecule has 12 nitrogen and oxygen atoms in total. The lowest BCUT2D eigenvalue weighted by molar-refractivity contribution is 0.241. The molecule has 2 aliphatic carbocycles. The lowest BCUT2D eigenvalue weighted by atomic mass is 10.0. The zero-order chi connectivity index (χ0) is 47.9. The normalized spacial score (nSPS) is 15.4. The van der Waals surface area contributed by atoms with Crippen molar-refractivity contribution in [3.63, 3.8) is 0 Å². The number of benzene rings is 4. The zero-order valence-electron chi connectivity index (χ0n) is 40.1. The van der Waals surface area contributed by atoms with Crippen LogP contribution in [0.2, 0.25) is 18.1 Å². The van der Waals surface area contributed by atoms with Crippen molar-refractivity contribution in [1.82, 2.24) is 31.0 Å². The molecule has 0 saturated heterocycles. The maximum Gasteiger partial charge on any atom is 0.192 e. The Morgan fingerprint density at radius 1 is 0.687 bits per heavy atom. The highest BCUT2D eigenvalue weighted by Crippen LogP contribution is 2.42. The van der Waals surface area contributed by atoms with Gasteiger partial charge in [-0.2, -0.15) is 10.5 Å². The number of aromatic nitrogens is 4. The number of fused-ring (bicyclic) bond motifs is 2. The van der Waals surface area contributed by atoms with Crippen LogP contribution in [-0.4, -0.2) is 72.3 Å². The summed E-state index contributed by atoms with van der Waals surface area (Å²) in [6.07, 6.45) is 4.09. The molecular formula is C52H62N8O4S2Si. The lowest BCUT2D eigenvalue weighted by Gasteiger charge is -2.36. The molecule has 8 rings (SSSR count). The van der Waals surface area contributed by atoms with Crippen LogP contribution in [0.25, 0.3) is 42.3 Å². The highest BCUT2D eigenvalue weighted by Gasteiger charge is 2.37. The molecule has 6 aromatic rings. The summed E-state index contributed by atoms with van der Waals surface area (Å²) in [5.41, 5.74) is 10.3. The molecule has 2 aromatic heterocycles. The molecule has 350 valence electrons. The van der Waals surface area contributed by atoms with E-state index < -0.39 is 8.32 Å². The van der Waals surface area contributed by atoms with E-state index in [-0.39, 0.29) is 29.9 Å². The molecule has 2 aliphatic rings. The number of hydrogen-bond donors (Lipinski definition) is 3. The number of aliphatic hydroxyl groups is 1. The Morgan fingerprint density at radius 3 is 1.55 bits per heavy atom. The second-order valence-electron chi connectivity index (χ2n) is 19.0. The van der Waals surface area contributed by atoms with Gasteiger partial charge in [-0.05, 0) is 130 Å². The highest BCUT2D eigenvalue weighted by molar-refractivity contribution is 7.18. The number of nitrogens with zero attached hydrogens (tertiary/aromatic N) is 6. The average molecular weight is 955 g/mol. The minimum Gasteiger partial charge on any atom is -0.490 e. The van der Waals surface area contributed by atoms with Gasteiger partial charge in [-0.1, -0.05) is 79.8 Å². The van der Waals surface area contributed by atoms with Gasteiger partial charge in [0.2, 0.25) is 0 Å². The van der Waals surface area contributed by atoms with Crippen molar-refractivity contribution in [2.24, 2.45) is 0 Å². The van der Waals surface area contributed by atoms with Gasteiger partial charge in [0, 0.05) is 54.0 Å². The van der Waals surface area contributed by atoms with Crippen molar-refractivity contribution in [2.45, 2.75) is 117 Å².